The van der Waals surface area contributed by atoms with E-state index in [1.807, 2.05) is 72.8 Å². The molecule has 180 valence electrons. The van der Waals surface area contributed by atoms with Crippen molar-refractivity contribution in [3.8, 4) is 11.3 Å². The maximum atomic E-state index is 12.4. The van der Waals surface area contributed by atoms with Gasteiger partial charge in [-0.2, -0.15) is 0 Å². The summed E-state index contributed by atoms with van der Waals surface area (Å²) in [5.74, 6) is 0. The molecule has 2 aromatic carbocycles. The second-order valence-corrected chi connectivity index (χ2v) is 9.33. The number of hydrazine groups is 1. The number of carbonyl (C=O) groups excluding carboxylic acids is 1. The number of ether oxygens (including phenoxy) is 1. The zero-order chi connectivity index (χ0) is 24.6. The Hall–Kier alpha value is -3.26. The number of aliphatic hydroxyl groups excluding tert-OH is 1. The molecule has 0 saturated carbocycles. The van der Waals surface area contributed by atoms with Crippen LogP contribution in [-0.2, 0) is 17.7 Å². The summed E-state index contributed by atoms with van der Waals surface area (Å²) >= 11 is 0. The number of amides is 1. The Bertz CT molecular complexity index is 1020. The van der Waals surface area contributed by atoms with Gasteiger partial charge in [0.1, 0.15) is 5.60 Å². The van der Waals surface area contributed by atoms with Gasteiger partial charge in [0.15, 0.2) is 0 Å². The van der Waals surface area contributed by atoms with Crippen LogP contribution in [0.2, 0.25) is 0 Å². The number of carbonyl (C=O) groups is 1. The van der Waals surface area contributed by atoms with E-state index in [4.69, 9.17) is 10.5 Å². The predicted octanol–water partition coefficient (Wildman–Crippen LogP) is 3.92. The van der Waals surface area contributed by atoms with Crippen LogP contribution in [-0.4, -0.2) is 45.5 Å². The fourth-order valence-electron chi connectivity index (χ4n) is 3.50. The number of aliphatic hydroxyl groups is 1. The van der Waals surface area contributed by atoms with Crippen LogP contribution >= 0.6 is 0 Å². The molecule has 3 aromatic rings. The summed E-state index contributed by atoms with van der Waals surface area (Å²) in [5, 5.41) is 12.4. The zero-order valence-electron chi connectivity index (χ0n) is 20.0. The third-order valence-corrected chi connectivity index (χ3v) is 5.15. The molecule has 1 heterocycles. The second-order valence-electron chi connectivity index (χ2n) is 9.33. The summed E-state index contributed by atoms with van der Waals surface area (Å²) in [5.41, 5.74) is 12.3. The quantitative estimate of drug-likeness (QED) is 0.417. The number of rotatable bonds is 9. The van der Waals surface area contributed by atoms with Crippen LogP contribution in [0.4, 0.5) is 4.79 Å². The minimum absolute atomic E-state index is 0.148. The van der Waals surface area contributed by atoms with E-state index >= 15 is 0 Å². The van der Waals surface area contributed by atoms with E-state index in [0.717, 1.165) is 22.4 Å². The first-order chi connectivity index (χ1) is 16.2. The molecule has 7 nitrogen and oxygen atoms in total. The predicted molar refractivity (Wildman–Crippen MR) is 134 cm³/mol. The molecule has 2 unspecified atom stereocenters. The molecule has 4 N–H and O–H groups in total. The van der Waals surface area contributed by atoms with E-state index in [9.17, 15) is 9.90 Å². The number of hydrogen-bond donors (Lipinski definition) is 3. The topological polar surface area (TPSA) is 101 Å². The summed E-state index contributed by atoms with van der Waals surface area (Å²) < 4.78 is 5.41. The van der Waals surface area contributed by atoms with Gasteiger partial charge in [-0.1, -0.05) is 60.7 Å². The molecule has 3 rings (SSSR count). The lowest BCUT2D eigenvalue weighted by molar-refractivity contribution is 0.0171. The first-order valence-electron chi connectivity index (χ1n) is 11.4. The molecule has 0 aliphatic carbocycles. The minimum Gasteiger partial charge on any atom is -0.443 e. The lowest BCUT2D eigenvalue weighted by atomic mass is 10.0. The van der Waals surface area contributed by atoms with Gasteiger partial charge in [-0.25, -0.2) is 9.80 Å². The van der Waals surface area contributed by atoms with Crippen molar-refractivity contribution >= 4 is 6.09 Å². The number of aromatic nitrogens is 1. The highest BCUT2D eigenvalue weighted by Crippen LogP contribution is 2.18. The Morgan fingerprint density at radius 2 is 1.71 bits per heavy atom. The van der Waals surface area contributed by atoms with Crippen LogP contribution < -0.4 is 11.2 Å². The lowest BCUT2D eigenvalue weighted by Gasteiger charge is -2.29. The largest absolute Gasteiger partial charge is 0.443 e. The first-order valence-corrected chi connectivity index (χ1v) is 11.4. The van der Waals surface area contributed by atoms with Gasteiger partial charge in [-0.05, 0) is 50.5 Å². The molecule has 1 amide bonds. The molecular weight excluding hydrogens is 428 g/mol. The third kappa shape index (κ3) is 8.26. The molecule has 34 heavy (non-hydrogen) atoms. The molecule has 0 bridgehead atoms. The maximum absolute atomic E-state index is 12.4. The average Bonchev–Trinajstić information content (AvgIpc) is 2.79. The van der Waals surface area contributed by atoms with Gasteiger partial charge in [0, 0.05) is 30.9 Å². The smallest absolute Gasteiger partial charge is 0.422 e. The number of benzene rings is 2. The molecule has 2 atom stereocenters. The van der Waals surface area contributed by atoms with E-state index in [1.165, 1.54) is 0 Å². The number of nitrogens with zero attached hydrogens (tertiary/aromatic N) is 2. The Morgan fingerprint density at radius 3 is 2.32 bits per heavy atom. The first kappa shape index (κ1) is 25.4. The van der Waals surface area contributed by atoms with Crippen molar-refractivity contribution in [3.05, 3.63) is 90.1 Å². The van der Waals surface area contributed by atoms with E-state index in [0.29, 0.717) is 13.0 Å². The molecule has 0 fully saturated rings. The van der Waals surface area contributed by atoms with Crippen molar-refractivity contribution in [1.82, 2.24) is 15.4 Å². The van der Waals surface area contributed by atoms with Crippen molar-refractivity contribution in [1.29, 1.82) is 0 Å². The van der Waals surface area contributed by atoms with E-state index < -0.39 is 23.8 Å². The summed E-state index contributed by atoms with van der Waals surface area (Å²) in [6, 6.07) is 23.0. The molecule has 0 aliphatic rings. The van der Waals surface area contributed by atoms with E-state index in [1.54, 1.807) is 32.0 Å². The molecule has 0 aliphatic heterocycles. The number of nitrogens with two attached hydrogens (primary N) is 1. The second kappa shape index (κ2) is 11.7. The van der Waals surface area contributed by atoms with Crippen LogP contribution in [0.15, 0.2) is 79.0 Å². The average molecular weight is 463 g/mol. The van der Waals surface area contributed by atoms with Gasteiger partial charge in [-0.15, -0.1) is 0 Å². The highest BCUT2D eigenvalue weighted by molar-refractivity contribution is 5.67. The summed E-state index contributed by atoms with van der Waals surface area (Å²) in [6.45, 7) is 5.93. The highest BCUT2D eigenvalue weighted by Gasteiger charge is 2.23. The summed E-state index contributed by atoms with van der Waals surface area (Å²) in [4.78, 5) is 16.8. The summed E-state index contributed by atoms with van der Waals surface area (Å²) in [7, 11) is 0. The van der Waals surface area contributed by atoms with Crippen LogP contribution in [0.5, 0.6) is 0 Å². The zero-order valence-corrected chi connectivity index (χ0v) is 20.0. The molecule has 7 heteroatoms. The van der Waals surface area contributed by atoms with Gasteiger partial charge < -0.3 is 15.6 Å². The SMILES string of the molecule is CC(C)(C)OC(=O)NN(Cc1ccc(-c2ccccn2)cc1)CC(O)C(N)Cc1ccccc1. The van der Waals surface area contributed by atoms with Gasteiger partial charge in [0.05, 0.1) is 11.8 Å². The van der Waals surface area contributed by atoms with Gasteiger partial charge >= 0.3 is 6.09 Å². The maximum Gasteiger partial charge on any atom is 0.422 e. The van der Waals surface area contributed by atoms with E-state index in [-0.39, 0.29) is 6.54 Å². The van der Waals surface area contributed by atoms with Gasteiger partial charge in [-0.3, -0.25) is 10.4 Å². The monoisotopic (exact) mass is 462 g/mol. The van der Waals surface area contributed by atoms with Crippen LogP contribution in [0.25, 0.3) is 11.3 Å². The van der Waals surface area contributed by atoms with Crippen molar-refractivity contribution in [2.24, 2.45) is 5.73 Å². The highest BCUT2D eigenvalue weighted by atomic mass is 16.6. The van der Waals surface area contributed by atoms with E-state index in [2.05, 4.69) is 10.4 Å². The molecule has 0 radical (unpaired) electrons. The number of pyridine rings is 1. The van der Waals surface area contributed by atoms with Gasteiger partial charge in [0.2, 0.25) is 0 Å². The van der Waals surface area contributed by atoms with Crippen LogP contribution in [0.1, 0.15) is 31.9 Å². The summed E-state index contributed by atoms with van der Waals surface area (Å²) in [6.07, 6.45) is 0.848. The van der Waals surface area contributed by atoms with Crippen molar-refractivity contribution < 1.29 is 14.6 Å². The van der Waals surface area contributed by atoms with Crippen molar-refractivity contribution in [3.63, 3.8) is 0 Å². The normalized spacial score (nSPS) is 13.4. The van der Waals surface area contributed by atoms with Crippen molar-refractivity contribution in [2.75, 3.05) is 6.54 Å². The minimum atomic E-state index is -0.858. The molecular formula is C27H34N4O3. The Labute approximate surface area is 201 Å². The van der Waals surface area contributed by atoms with Crippen LogP contribution in [0.3, 0.4) is 0 Å². The fourth-order valence-corrected chi connectivity index (χ4v) is 3.50. The Kier molecular flexibility index (Phi) is 8.76. The Balaban J connectivity index is 1.69. The number of nitrogens with one attached hydrogen (secondary N) is 1. The molecule has 0 saturated heterocycles. The number of hydrogen-bond acceptors (Lipinski definition) is 6. The van der Waals surface area contributed by atoms with Crippen LogP contribution in [0, 0.1) is 0 Å². The Morgan fingerprint density at radius 1 is 1.03 bits per heavy atom. The lowest BCUT2D eigenvalue weighted by Crippen LogP contribution is -2.51. The molecule has 0 spiro atoms. The van der Waals surface area contributed by atoms with Crippen molar-refractivity contribution in [2.45, 2.75) is 51.5 Å². The third-order valence-electron chi connectivity index (χ3n) is 5.15. The fraction of sp³-hybridized carbons (Fsp3) is 0.333. The standard InChI is InChI=1S/C27H34N4O3/c1-27(2,3)34-26(33)30-31(19-25(32)23(28)17-20-9-5-4-6-10-20)18-21-12-14-22(15-13-21)24-11-7-8-16-29-24/h4-16,23,25,32H,17-19,28H2,1-3H3,(H,30,33). The van der Waals surface area contributed by atoms with Gasteiger partial charge in [0.25, 0.3) is 0 Å². The molecule has 1 aromatic heterocycles.